The van der Waals surface area contributed by atoms with Gasteiger partial charge in [-0.1, -0.05) is 12.8 Å². The van der Waals surface area contributed by atoms with Crippen LogP contribution in [0.15, 0.2) is 0 Å². The summed E-state index contributed by atoms with van der Waals surface area (Å²) in [5, 5.41) is 0.696. The summed E-state index contributed by atoms with van der Waals surface area (Å²) < 4.78 is 5.02. The molecule has 0 aromatic rings. The highest BCUT2D eigenvalue weighted by Crippen LogP contribution is 2.40. The van der Waals surface area contributed by atoms with E-state index in [0.717, 1.165) is 12.1 Å². The highest BCUT2D eigenvalue weighted by atomic mass is 32.1. The third-order valence-electron chi connectivity index (χ3n) is 2.70. The Balaban J connectivity index is 1.94. The van der Waals surface area contributed by atoms with Crippen LogP contribution in [0.4, 0.5) is 0 Å². The number of rotatable bonds is 0. The summed E-state index contributed by atoms with van der Waals surface area (Å²) in [7, 11) is 1.66. The number of methoxy groups -OCH3 is 1. The van der Waals surface area contributed by atoms with Gasteiger partial charge in [-0.05, 0) is 25.1 Å². The molecule has 11 heavy (non-hydrogen) atoms. The van der Waals surface area contributed by atoms with Crippen LogP contribution in [0.3, 0.4) is 0 Å². The van der Waals surface area contributed by atoms with Gasteiger partial charge in [0.1, 0.15) is 0 Å². The molecule has 3 heteroatoms. The fourth-order valence-electron chi connectivity index (χ4n) is 2.08. The van der Waals surface area contributed by atoms with Crippen LogP contribution >= 0.6 is 12.2 Å². The highest BCUT2D eigenvalue weighted by Gasteiger charge is 2.50. The molecule has 1 saturated heterocycles. The zero-order valence-electron chi connectivity index (χ0n) is 6.75. The second kappa shape index (κ2) is 2.63. The Kier molecular flexibility index (Phi) is 1.75. The first-order valence-corrected chi connectivity index (χ1v) is 4.61. The summed E-state index contributed by atoms with van der Waals surface area (Å²) in [6.07, 6.45) is 5.36. The van der Waals surface area contributed by atoms with E-state index in [1.807, 2.05) is 0 Å². The number of nitrogens with zero attached hydrogens (tertiary/aromatic N) is 1. The van der Waals surface area contributed by atoms with E-state index in [1.165, 1.54) is 25.7 Å². The van der Waals surface area contributed by atoms with Gasteiger partial charge >= 0.3 is 0 Å². The molecular formula is C8H13NOS. The lowest BCUT2D eigenvalue weighted by Gasteiger charge is -2.03. The van der Waals surface area contributed by atoms with Gasteiger partial charge in [0.25, 0.3) is 5.17 Å². The molecule has 2 fully saturated rings. The quantitative estimate of drug-likeness (QED) is 0.405. The molecule has 2 unspecified atom stereocenters. The van der Waals surface area contributed by atoms with Gasteiger partial charge in [0.05, 0.1) is 19.2 Å². The summed E-state index contributed by atoms with van der Waals surface area (Å²) in [4.78, 5) is 2.24. The SMILES string of the molecule is COC(=S)N1C2CCCCC21. The summed E-state index contributed by atoms with van der Waals surface area (Å²) >= 11 is 5.06. The van der Waals surface area contributed by atoms with Gasteiger partial charge in [0.15, 0.2) is 0 Å². The summed E-state index contributed by atoms with van der Waals surface area (Å²) in [5.41, 5.74) is 0. The van der Waals surface area contributed by atoms with Crippen LogP contribution in [-0.4, -0.2) is 29.3 Å². The molecule has 0 aromatic heterocycles. The lowest BCUT2D eigenvalue weighted by Crippen LogP contribution is -2.13. The first-order chi connectivity index (χ1) is 5.34. The Labute approximate surface area is 72.5 Å². The molecule has 0 N–H and O–H groups in total. The molecule has 1 heterocycles. The van der Waals surface area contributed by atoms with Crippen LogP contribution in [0, 0.1) is 0 Å². The first kappa shape index (κ1) is 7.35. The van der Waals surface area contributed by atoms with Crippen molar-refractivity contribution in [3.05, 3.63) is 0 Å². The lowest BCUT2D eigenvalue weighted by atomic mass is 10.0. The van der Waals surface area contributed by atoms with E-state index < -0.39 is 0 Å². The van der Waals surface area contributed by atoms with Crippen LogP contribution in [0.25, 0.3) is 0 Å². The molecule has 1 saturated carbocycles. The van der Waals surface area contributed by atoms with Gasteiger partial charge in [-0.15, -0.1) is 0 Å². The molecule has 0 spiro atoms. The molecule has 0 radical (unpaired) electrons. The van der Waals surface area contributed by atoms with Crippen molar-refractivity contribution in [1.29, 1.82) is 0 Å². The van der Waals surface area contributed by atoms with Crippen molar-refractivity contribution in [2.45, 2.75) is 37.8 Å². The molecule has 2 atom stereocenters. The summed E-state index contributed by atoms with van der Waals surface area (Å²) in [5.74, 6) is 0. The van der Waals surface area contributed by atoms with Gasteiger partial charge in [-0.25, -0.2) is 0 Å². The zero-order chi connectivity index (χ0) is 7.84. The number of ether oxygens (including phenoxy) is 1. The van der Waals surface area contributed by atoms with Crippen molar-refractivity contribution in [2.75, 3.05) is 7.11 Å². The van der Waals surface area contributed by atoms with Gasteiger partial charge < -0.3 is 9.64 Å². The minimum atomic E-state index is 0.696. The molecule has 62 valence electrons. The lowest BCUT2D eigenvalue weighted by molar-refractivity contribution is 0.362. The number of hydrogen-bond donors (Lipinski definition) is 0. The maximum Gasteiger partial charge on any atom is 0.259 e. The van der Waals surface area contributed by atoms with Crippen molar-refractivity contribution in [2.24, 2.45) is 0 Å². The Hall–Kier alpha value is -0.310. The third-order valence-corrected chi connectivity index (χ3v) is 3.08. The standard InChI is InChI=1S/C8H13NOS/c1-10-8(11)9-6-4-2-3-5-7(6)9/h6-7H,2-5H2,1H3. The molecule has 1 aliphatic carbocycles. The maximum atomic E-state index is 5.06. The molecular weight excluding hydrogens is 158 g/mol. The Morgan fingerprint density at radius 1 is 1.36 bits per heavy atom. The van der Waals surface area contributed by atoms with Crippen molar-refractivity contribution < 1.29 is 4.74 Å². The number of hydrogen-bond acceptors (Lipinski definition) is 2. The maximum absolute atomic E-state index is 5.06. The molecule has 0 bridgehead atoms. The molecule has 0 amide bonds. The predicted octanol–water partition coefficient (Wildman–Crippen LogP) is 1.54. The number of fused-ring (bicyclic) bond motifs is 1. The minimum Gasteiger partial charge on any atom is -0.474 e. The molecule has 2 aliphatic rings. The topological polar surface area (TPSA) is 12.2 Å². The second-order valence-corrected chi connectivity index (χ2v) is 3.65. The summed E-state index contributed by atoms with van der Waals surface area (Å²) in [6.45, 7) is 0. The van der Waals surface area contributed by atoms with Crippen molar-refractivity contribution in [3.8, 4) is 0 Å². The molecule has 1 aliphatic heterocycles. The van der Waals surface area contributed by atoms with Gasteiger partial charge in [-0.3, -0.25) is 0 Å². The first-order valence-electron chi connectivity index (χ1n) is 4.21. The van der Waals surface area contributed by atoms with Crippen LogP contribution in [0.1, 0.15) is 25.7 Å². The van der Waals surface area contributed by atoms with E-state index in [2.05, 4.69) is 4.90 Å². The normalized spacial score (nSPS) is 34.5. The van der Waals surface area contributed by atoms with Crippen LogP contribution < -0.4 is 0 Å². The zero-order valence-corrected chi connectivity index (χ0v) is 7.56. The van der Waals surface area contributed by atoms with Gasteiger partial charge in [-0.2, -0.15) is 0 Å². The second-order valence-electron chi connectivity index (χ2n) is 3.30. The van der Waals surface area contributed by atoms with E-state index in [-0.39, 0.29) is 0 Å². The smallest absolute Gasteiger partial charge is 0.259 e. The van der Waals surface area contributed by atoms with Crippen LogP contribution in [0.5, 0.6) is 0 Å². The molecule has 2 nitrogen and oxygen atoms in total. The minimum absolute atomic E-state index is 0.696. The highest BCUT2D eigenvalue weighted by molar-refractivity contribution is 7.80. The number of likely N-dealkylation sites (tertiary alicyclic amines) is 1. The Morgan fingerprint density at radius 2 is 1.91 bits per heavy atom. The van der Waals surface area contributed by atoms with E-state index in [1.54, 1.807) is 7.11 Å². The van der Waals surface area contributed by atoms with Gasteiger partial charge in [0, 0.05) is 0 Å². The van der Waals surface area contributed by atoms with Crippen molar-refractivity contribution >= 4 is 17.4 Å². The third kappa shape index (κ3) is 1.11. The fourth-order valence-corrected chi connectivity index (χ4v) is 2.35. The Morgan fingerprint density at radius 3 is 2.36 bits per heavy atom. The van der Waals surface area contributed by atoms with E-state index >= 15 is 0 Å². The van der Waals surface area contributed by atoms with E-state index in [9.17, 15) is 0 Å². The predicted molar refractivity (Wildman–Crippen MR) is 47.5 cm³/mol. The average molecular weight is 171 g/mol. The monoisotopic (exact) mass is 171 g/mol. The van der Waals surface area contributed by atoms with E-state index in [0.29, 0.717) is 5.17 Å². The molecule has 2 rings (SSSR count). The van der Waals surface area contributed by atoms with Crippen molar-refractivity contribution in [1.82, 2.24) is 4.90 Å². The van der Waals surface area contributed by atoms with Crippen LogP contribution in [0.2, 0.25) is 0 Å². The van der Waals surface area contributed by atoms with E-state index in [4.69, 9.17) is 17.0 Å². The summed E-state index contributed by atoms with van der Waals surface area (Å²) in [6, 6.07) is 1.47. The van der Waals surface area contributed by atoms with Crippen LogP contribution in [-0.2, 0) is 4.74 Å². The number of thiocarbonyl (C=S) groups is 1. The Bertz CT molecular complexity index is 171. The van der Waals surface area contributed by atoms with Gasteiger partial charge in [0.2, 0.25) is 0 Å². The average Bonchev–Trinajstić information content (AvgIpc) is 2.77. The fraction of sp³-hybridized carbons (Fsp3) is 0.875. The largest absolute Gasteiger partial charge is 0.474 e. The van der Waals surface area contributed by atoms with Crippen molar-refractivity contribution in [3.63, 3.8) is 0 Å². The molecule has 0 aromatic carbocycles.